The molecule has 1 aromatic carbocycles. The Morgan fingerprint density at radius 3 is 2.67 bits per heavy atom. The Hall–Kier alpha value is -2.81. The number of rotatable bonds is 8. The molecule has 2 aromatic heterocycles. The van der Waals surface area contributed by atoms with Gasteiger partial charge in [-0.25, -0.2) is 19.0 Å². The lowest BCUT2D eigenvalue weighted by molar-refractivity contribution is 0.0947. The van der Waals surface area contributed by atoms with Crippen LogP contribution in [0.2, 0.25) is 0 Å². The second-order valence-electron chi connectivity index (χ2n) is 5.70. The van der Waals surface area contributed by atoms with Crippen molar-refractivity contribution in [1.82, 2.24) is 30.3 Å². The summed E-state index contributed by atoms with van der Waals surface area (Å²) >= 11 is 1.37. The summed E-state index contributed by atoms with van der Waals surface area (Å²) in [6, 6.07) is 7.61. The van der Waals surface area contributed by atoms with Gasteiger partial charge < -0.3 is 5.32 Å². The average Bonchev–Trinajstić information content (AvgIpc) is 3.12. The summed E-state index contributed by atoms with van der Waals surface area (Å²) in [6.45, 7) is 2.63. The van der Waals surface area contributed by atoms with Crippen LogP contribution in [0.5, 0.6) is 0 Å². The molecular formula is C18H19FN6OS. The van der Waals surface area contributed by atoms with Crippen molar-refractivity contribution in [2.45, 2.75) is 30.7 Å². The molecule has 0 spiro atoms. The number of unbranched alkanes of at least 4 members (excludes halogenated alkanes) is 1. The van der Waals surface area contributed by atoms with Crippen LogP contribution in [-0.2, 0) is 5.75 Å². The summed E-state index contributed by atoms with van der Waals surface area (Å²) in [4.78, 5) is 20.9. The Bertz CT molecular complexity index is 885. The highest BCUT2D eigenvalue weighted by atomic mass is 32.2. The summed E-state index contributed by atoms with van der Waals surface area (Å²) < 4.78 is 14.8. The van der Waals surface area contributed by atoms with Crippen LogP contribution in [0.1, 0.15) is 35.9 Å². The van der Waals surface area contributed by atoms with Gasteiger partial charge in [0.2, 0.25) is 0 Å². The van der Waals surface area contributed by atoms with E-state index < -0.39 is 0 Å². The predicted molar refractivity (Wildman–Crippen MR) is 100 cm³/mol. The zero-order chi connectivity index (χ0) is 19.1. The molecule has 0 aliphatic carbocycles. The topological polar surface area (TPSA) is 85.6 Å². The zero-order valence-corrected chi connectivity index (χ0v) is 15.6. The number of nitrogens with zero attached hydrogens (tertiary/aromatic N) is 5. The lowest BCUT2D eigenvalue weighted by Gasteiger charge is -2.08. The summed E-state index contributed by atoms with van der Waals surface area (Å²) in [5.74, 6) is -0.225. The Morgan fingerprint density at radius 2 is 1.96 bits per heavy atom. The lowest BCUT2D eigenvalue weighted by atomic mass is 10.2. The molecule has 0 unspecified atom stereocenters. The maximum Gasteiger partial charge on any atom is 0.273 e. The number of hydrogen-bond acceptors (Lipinski definition) is 6. The molecule has 3 aromatic rings. The molecule has 0 atom stereocenters. The molecule has 9 heteroatoms. The molecule has 1 N–H and O–H groups in total. The molecule has 0 fully saturated rings. The fourth-order valence-electron chi connectivity index (χ4n) is 2.35. The zero-order valence-electron chi connectivity index (χ0n) is 14.8. The Balaban J connectivity index is 1.88. The number of benzene rings is 1. The first-order chi connectivity index (χ1) is 13.2. The van der Waals surface area contributed by atoms with Crippen LogP contribution in [0.25, 0.3) is 5.69 Å². The highest BCUT2D eigenvalue weighted by molar-refractivity contribution is 7.98. The molecule has 0 bridgehead atoms. The van der Waals surface area contributed by atoms with Crippen LogP contribution in [-0.4, -0.2) is 37.4 Å². The smallest absolute Gasteiger partial charge is 0.273 e. The van der Waals surface area contributed by atoms with Crippen LogP contribution < -0.4 is 5.32 Å². The normalized spacial score (nSPS) is 10.7. The van der Waals surface area contributed by atoms with Gasteiger partial charge in [-0.2, -0.15) is 0 Å². The Morgan fingerprint density at radius 1 is 1.22 bits per heavy atom. The minimum absolute atomic E-state index is 0.249. The Labute approximate surface area is 160 Å². The highest BCUT2D eigenvalue weighted by Crippen LogP contribution is 2.22. The van der Waals surface area contributed by atoms with Crippen molar-refractivity contribution in [1.29, 1.82) is 0 Å². The second-order valence-corrected chi connectivity index (χ2v) is 6.64. The summed E-state index contributed by atoms with van der Waals surface area (Å²) in [7, 11) is 0. The van der Waals surface area contributed by atoms with Gasteiger partial charge in [-0.3, -0.25) is 4.79 Å². The largest absolute Gasteiger partial charge is 0.351 e. The third kappa shape index (κ3) is 4.88. The molecule has 0 aliphatic rings. The van der Waals surface area contributed by atoms with Gasteiger partial charge in [0.1, 0.15) is 5.82 Å². The van der Waals surface area contributed by atoms with E-state index in [1.54, 1.807) is 35.3 Å². The molecule has 1 amide bonds. The molecule has 140 valence electrons. The van der Waals surface area contributed by atoms with Crippen molar-refractivity contribution in [3.05, 3.63) is 59.9 Å². The molecule has 2 heterocycles. The SMILES string of the molecule is CCCCNC(=O)c1nnn(-c2ccc(F)cc2)c1CSc1ncccn1. The number of amides is 1. The van der Waals surface area contributed by atoms with E-state index in [9.17, 15) is 9.18 Å². The van der Waals surface area contributed by atoms with E-state index in [4.69, 9.17) is 0 Å². The van der Waals surface area contributed by atoms with Crippen molar-refractivity contribution >= 4 is 17.7 Å². The summed E-state index contributed by atoms with van der Waals surface area (Å²) in [5.41, 5.74) is 1.48. The van der Waals surface area contributed by atoms with Gasteiger partial charge in [-0.1, -0.05) is 30.3 Å². The molecular weight excluding hydrogens is 367 g/mol. The van der Waals surface area contributed by atoms with Crippen molar-refractivity contribution in [3.8, 4) is 5.69 Å². The van der Waals surface area contributed by atoms with E-state index in [0.29, 0.717) is 28.8 Å². The molecule has 27 heavy (non-hydrogen) atoms. The van der Waals surface area contributed by atoms with Gasteiger partial charge in [-0.05, 0) is 36.8 Å². The summed E-state index contributed by atoms with van der Waals surface area (Å²) in [6.07, 6.45) is 5.18. The lowest BCUT2D eigenvalue weighted by Crippen LogP contribution is -2.26. The average molecular weight is 386 g/mol. The van der Waals surface area contributed by atoms with E-state index in [0.717, 1.165) is 12.8 Å². The molecule has 0 radical (unpaired) electrons. The number of thioether (sulfide) groups is 1. The first-order valence-corrected chi connectivity index (χ1v) is 9.56. The maximum absolute atomic E-state index is 13.2. The van der Waals surface area contributed by atoms with Gasteiger partial charge in [0.25, 0.3) is 5.91 Å². The highest BCUT2D eigenvalue weighted by Gasteiger charge is 2.21. The first kappa shape index (κ1) is 19.0. The predicted octanol–water partition coefficient (Wildman–Crippen LogP) is 3.02. The van der Waals surface area contributed by atoms with Gasteiger partial charge in [-0.15, -0.1) is 5.10 Å². The number of nitrogens with one attached hydrogen (secondary N) is 1. The third-order valence-corrected chi connectivity index (χ3v) is 4.63. The van der Waals surface area contributed by atoms with Gasteiger partial charge in [0.05, 0.1) is 11.4 Å². The monoisotopic (exact) mass is 386 g/mol. The standard InChI is InChI=1S/C18H19FN6OS/c1-2-3-9-20-17(26)16-15(12-27-18-21-10-4-11-22-18)25(24-23-16)14-7-5-13(19)6-8-14/h4-8,10-11H,2-3,9,12H2,1H3,(H,20,26). The summed E-state index contributed by atoms with van der Waals surface area (Å²) in [5, 5.41) is 11.6. The van der Waals surface area contributed by atoms with E-state index in [2.05, 4.69) is 32.5 Å². The minimum Gasteiger partial charge on any atom is -0.351 e. The van der Waals surface area contributed by atoms with E-state index >= 15 is 0 Å². The number of halogens is 1. The molecule has 7 nitrogen and oxygen atoms in total. The number of carbonyl (C=O) groups is 1. The molecule has 0 aliphatic heterocycles. The van der Waals surface area contributed by atoms with E-state index in [1.165, 1.54) is 23.9 Å². The number of carbonyl (C=O) groups excluding carboxylic acids is 1. The van der Waals surface area contributed by atoms with Gasteiger partial charge >= 0.3 is 0 Å². The van der Waals surface area contributed by atoms with Crippen LogP contribution in [0.15, 0.2) is 47.9 Å². The van der Waals surface area contributed by atoms with Crippen molar-refractivity contribution in [2.24, 2.45) is 0 Å². The van der Waals surface area contributed by atoms with Crippen molar-refractivity contribution in [3.63, 3.8) is 0 Å². The minimum atomic E-state index is -0.343. The Kier molecular flexibility index (Phi) is 6.48. The van der Waals surface area contributed by atoms with Crippen molar-refractivity contribution in [2.75, 3.05) is 6.54 Å². The van der Waals surface area contributed by atoms with Crippen LogP contribution in [0.3, 0.4) is 0 Å². The van der Waals surface area contributed by atoms with Gasteiger partial charge in [0.15, 0.2) is 10.9 Å². The van der Waals surface area contributed by atoms with Crippen molar-refractivity contribution < 1.29 is 9.18 Å². The van der Waals surface area contributed by atoms with Crippen LogP contribution in [0, 0.1) is 5.82 Å². The van der Waals surface area contributed by atoms with Crippen LogP contribution in [0.4, 0.5) is 4.39 Å². The third-order valence-electron chi connectivity index (χ3n) is 3.75. The second kappa shape index (κ2) is 9.22. The quantitative estimate of drug-likeness (QED) is 0.364. The fourth-order valence-corrected chi connectivity index (χ4v) is 3.15. The first-order valence-electron chi connectivity index (χ1n) is 8.57. The van der Waals surface area contributed by atoms with Crippen LogP contribution >= 0.6 is 11.8 Å². The van der Waals surface area contributed by atoms with E-state index in [-0.39, 0.29) is 17.4 Å². The fraction of sp³-hybridized carbons (Fsp3) is 0.278. The number of hydrogen-bond donors (Lipinski definition) is 1. The van der Waals surface area contributed by atoms with Gasteiger partial charge in [0, 0.05) is 24.7 Å². The maximum atomic E-state index is 13.2. The molecule has 0 saturated heterocycles. The molecule has 3 rings (SSSR count). The molecule has 0 saturated carbocycles. The van der Waals surface area contributed by atoms with E-state index in [1.807, 2.05) is 0 Å². The number of aromatic nitrogens is 5.